The maximum atomic E-state index is 11.4. The van der Waals surface area contributed by atoms with Crippen LogP contribution in [0.15, 0.2) is 0 Å². The van der Waals surface area contributed by atoms with Gasteiger partial charge in [-0.2, -0.15) is 0 Å². The highest BCUT2D eigenvalue weighted by Gasteiger charge is 2.25. The second-order valence-corrected chi connectivity index (χ2v) is 6.29. The van der Waals surface area contributed by atoms with E-state index in [1.165, 1.54) is 38.5 Å². The monoisotopic (exact) mass is 260 g/mol. The van der Waals surface area contributed by atoms with Crippen molar-refractivity contribution in [3.63, 3.8) is 0 Å². The van der Waals surface area contributed by atoms with E-state index in [9.17, 15) is 8.76 Å². The molecule has 1 saturated heterocycles. The lowest BCUT2D eigenvalue weighted by Gasteiger charge is -2.33. The highest BCUT2D eigenvalue weighted by molar-refractivity contribution is 7.79. The van der Waals surface area contributed by atoms with Crippen LogP contribution in [-0.2, 0) is 11.1 Å². The fourth-order valence-corrected chi connectivity index (χ4v) is 3.43. The number of rotatable bonds is 6. The van der Waals surface area contributed by atoms with Crippen LogP contribution in [0.5, 0.6) is 0 Å². The topological polar surface area (TPSA) is 52.6 Å². The summed E-state index contributed by atoms with van der Waals surface area (Å²) in [6.07, 6.45) is 8.28. The Kier molecular flexibility index (Phi) is 5.41. The minimum absolute atomic E-state index is 0.164. The third kappa shape index (κ3) is 4.02. The first kappa shape index (κ1) is 13.5. The van der Waals surface area contributed by atoms with E-state index in [4.69, 9.17) is 0 Å². The molecule has 100 valence electrons. The molecule has 0 aromatic rings. The normalized spacial score (nSPS) is 26.4. The SMILES string of the molecule is O=S(O)C(CCNC1CCC1)N1CCCCC1. The predicted molar refractivity (Wildman–Crippen MR) is 70.2 cm³/mol. The first-order valence-electron chi connectivity index (χ1n) is 6.84. The molecule has 4 nitrogen and oxygen atoms in total. The second kappa shape index (κ2) is 6.83. The van der Waals surface area contributed by atoms with E-state index < -0.39 is 11.1 Å². The zero-order valence-electron chi connectivity index (χ0n) is 10.4. The van der Waals surface area contributed by atoms with Crippen molar-refractivity contribution in [1.82, 2.24) is 10.2 Å². The van der Waals surface area contributed by atoms with Gasteiger partial charge in [0.1, 0.15) is 5.37 Å². The summed E-state index contributed by atoms with van der Waals surface area (Å²) >= 11 is -1.71. The molecule has 1 heterocycles. The zero-order chi connectivity index (χ0) is 12.1. The van der Waals surface area contributed by atoms with Crippen LogP contribution in [0.4, 0.5) is 0 Å². The molecule has 5 heteroatoms. The Morgan fingerprint density at radius 1 is 1.24 bits per heavy atom. The molecule has 1 saturated carbocycles. The van der Waals surface area contributed by atoms with Gasteiger partial charge in [-0.25, -0.2) is 4.21 Å². The van der Waals surface area contributed by atoms with E-state index in [1.54, 1.807) is 0 Å². The molecule has 0 spiro atoms. The van der Waals surface area contributed by atoms with Crippen LogP contribution >= 0.6 is 0 Å². The maximum Gasteiger partial charge on any atom is 0.170 e. The van der Waals surface area contributed by atoms with Gasteiger partial charge < -0.3 is 9.87 Å². The van der Waals surface area contributed by atoms with Gasteiger partial charge in [-0.05, 0) is 51.7 Å². The lowest BCUT2D eigenvalue weighted by atomic mass is 9.93. The Bertz CT molecular complexity index is 253. The number of nitrogens with zero attached hydrogens (tertiary/aromatic N) is 1. The van der Waals surface area contributed by atoms with E-state index in [1.807, 2.05) is 0 Å². The summed E-state index contributed by atoms with van der Waals surface area (Å²) < 4.78 is 20.8. The Balaban J connectivity index is 1.72. The molecule has 0 aromatic carbocycles. The molecular weight excluding hydrogens is 236 g/mol. The zero-order valence-corrected chi connectivity index (χ0v) is 11.3. The molecule has 2 aliphatic rings. The van der Waals surface area contributed by atoms with Gasteiger partial charge in [0.25, 0.3) is 0 Å². The van der Waals surface area contributed by atoms with Crippen LogP contribution in [0, 0.1) is 0 Å². The van der Waals surface area contributed by atoms with Crippen molar-refractivity contribution < 1.29 is 8.76 Å². The van der Waals surface area contributed by atoms with Crippen LogP contribution in [0.2, 0.25) is 0 Å². The summed E-state index contributed by atoms with van der Waals surface area (Å²) in [6.45, 7) is 2.85. The van der Waals surface area contributed by atoms with Gasteiger partial charge in [-0.3, -0.25) is 4.90 Å². The Hall–Kier alpha value is 0.0300. The number of hydrogen-bond acceptors (Lipinski definition) is 3. The molecular formula is C12H24N2O2S. The minimum atomic E-state index is -1.71. The molecule has 2 rings (SSSR count). The molecule has 2 atom stereocenters. The molecule has 0 aromatic heterocycles. The molecule has 1 aliphatic carbocycles. The van der Waals surface area contributed by atoms with Crippen molar-refractivity contribution in [2.75, 3.05) is 19.6 Å². The van der Waals surface area contributed by atoms with Gasteiger partial charge >= 0.3 is 0 Å². The average molecular weight is 260 g/mol. The van der Waals surface area contributed by atoms with Gasteiger partial charge in [-0.15, -0.1) is 0 Å². The summed E-state index contributed by atoms with van der Waals surface area (Å²) in [7, 11) is 0. The van der Waals surface area contributed by atoms with E-state index >= 15 is 0 Å². The van der Waals surface area contributed by atoms with Crippen LogP contribution in [0.1, 0.15) is 44.9 Å². The molecule has 1 aliphatic heterocycles. The summed E-state index contributed by atoms with van der Waals surface area (Å²) in [5.74, 6) is 0. The van der Waals surface area contributed by atoms with Crippen molar-refractivity contribution >= 4 is 11.1 Å². The van der Waals surface area contributed by atoms with Gasteiger partial charge in [-0.1, -0.05) is 12.8 Å². The highest BCUT2D eigenvalue weighted by atomic mass is 32.2. The summed E-state index contributed by atoms with van der Waals surface area (Å²) in [4.78, 5) is 2.20. The molecule has 0 radical (unpaired) electrons. The lowest BCUT2D eigenvalue weighted by molar-refractivity contribution is 0.194. The number of hydrogen-bond donors (Lipinski definition) is 2. The van der Waals surface area contributed by atoms with E-state index in [0.29, 0.717) is 6.04 Å². The largest absolute Gasteiger partial charge is 0.314 e. The van der Waals surface area contributed by atoms with Gasteiger partial charge in [0, 0.05) is 6.04 Å². The first-order valence-corrected chi connectivity index (χ1v) is 8.01. The Labute approximate surface area is 106 Å². The fourth-order valence-electron chi connectivity index (χ4n) is 2.64. The summed E-state index contributed by atoms with van der Waals surface area (Å²) in [5.41, 5.74) is 0. The molecule has 2 fully saturated rings. The Morgan fingerprint density at radius 3 is 2.47 bits per heavy atom. The number of piperidine rings is 1. The van der Waals surface area contributed by atoms with Crippen molar-refractivity contribution in [1.29, 1.82) is 0 Å². The second-order valence-electron chi connectivity index (χ2n) is 5.20. The highest BCUT2D eigenvalue weighted by Crippen LogP contribution is 2.19. The van der Waals surface area contributed by atoms with E-state index in [0.717, 1.165) is 26.1 Å². The molecule has 0 amide bonds. The molecule has 2 unspecified atom stereocenters. The van der Waals surface area contributed by atoms with Gasteiger partial charge in [0.2, 0.25) is 0 Å². The van der Waals surface area contributed by atoms with Gasteiger partial charge in [0.15, 0.2) is 11.1 Å². The number of likely N-dealkylation sites (tertiary alicyclic amines) is 1. The van der Waals surface area contributed by atoms with Crippen LogP contribution in [-0.4, -0.2) is 44.7 Å². The quantitative estimate of drug-likeness (QED) is 0.712. The third-order valence-corrected chi connectivity index (χ3v) is 4.96. The number of nitrogens with one attached hydrogen (secondary N) is 1. The summed E-state index contributed by atoms with van der Waals surface area (Å²) in [5, 5.41) is 3.31. The average Bonchev–Trinajstić information content (AvgIpc) is 2.27. The van der Waals surface area contributed by atoms with Gasteiger partial charge in [0.05, 0.1) is 0 Å². The minimum Gasteiger partial charge on any atom is -0.314 e. The molecule has 0 bridgehead atoms. The van der Waals surface area contributed by atoms with Crippen molar-refractivity contribution in [2.24, 2.45) is 0 Å². The van der Waals surface area contributed by atoms with Crippen LogP contribution < -0.4 is 5.32 Å². The van der Waals surface area contributed by atoms with Crippen molar-refractivity contribution in [3.05, 3.63) is 0 Å². The molecule has 2 N–H and O–H groups in total. The van der Waals surface area contributed by atoms with Crippen LogP contribution in [0.25, 0.3) is 0 Å². The standard InChI is InChI=1S/C12H24N2O2S/c15-17(16)12(14-9-2-1-3-10-14)7-8-13-11-5-4-6-11/h11-13H,1-10H2,(H,15,16). The van der Waals surface area contributed by atoms with E-state index in [2.05, 4.69) is 10.2 Å². The third-order valence-electron chi connectivity index (χ3n) is 3.96. The summed E-state index contributed by atoms with van der Waals surface area (Å²) in [6, 6.07) is 0.670. The van der Waals surface area contributed by atoms with Crippen molar-refractivity contribution in [2.45, 2.75) is 56.4 Å². The predicted octanol–water partition coefficient (Wildman–Crippen LogP) is 1.55. The Morgan fingerprint density at radius 2 is 1.94 bits per heavy atom. The fraction of sp³-hybridized carbons (Fsp3) is 1.00. The first-order chi connectivity index (χ1) is 8.27. The maximum absolute atomic E-state index is 11.4. The van der Waals surface area contributed by atoms with Crippen molar-refractivity contribution in [3.8, 4) is 0 Å². The smallest absolute Gasteiger partial charge is 0.170 e. The lowest BCUT2D eigenvalue weighted by Crippen LogP contribution is -2.44. The van der Waals surface area contributed by atoms with E-state index in [-0.39, 0.29) is 5.37 Å². The van der Waals surface area contributed by atoms with Crippen LogP contribution in [0.3, 0.4) is 0 Å². The molecule has 17 heavy (non-hydrogen) atoms.